The van der Waals surface area contributed by atoms with E-state index in [9.17, 15) is 5.11 Å². The van der Waals surface area contributed by atoms with Crippen molar-refractivity contribution in [3.8, 4) is 0 Å². The van der Waals surface area contributed by atoms with Gasteiger partial charge in [0.15, 0.2) is 0 Å². The van der Waals surface area contributed by atoms with Gasteiger partial charge in [-0.2, -0.15) is 5.10 Å². The molecule has 5 heteroatoms. The average Bonchev–Trinajstić information content (AvgIpc) is 3.14. The molecule has 2 heterocycles. The zero-order valence-electron chi connectivity index (χ0n) is 14.8. The minimum Gasteiger partial charge on any atom is -0.384 e. The SMILES string of the molecule is CC1CC(NCC(C)(O)c2cnn(C)c2)CN1Cc1ccccc1. The monoisotopic (exact) mass is 328 g/mol. The molecule has 1 fully saturated rings. The molecule has 3 unspecified atom stereocenters. The van der Waals surface area contributed by atoms with Crippen molar-refractivity contribution >= 4 is 0 Å². The van der Waals surface area contributed by atoms with Gasteiger partial charge in [-0.25, -0.2) is 0 Å². The predicted molar refractivity (Wildman–Crippen MR) is 95.5 cm³/mol. The molecular formula is C19H28N4O. The Morgan fingerprint density at radius 3 is 2.75 bits per heavy atom. The standard InChI is InChI=1S/C19H28N4O/c1-15-9-18(13-23(15)11-16-7-5-4-6-8-16)20-14-19(2,24)17-10-21-22(3)12-17/h4-8,10,12,15,18,20,24H,9,11,13-14H2,1-3H3. The lowest BCUT2D eigenvalue weighted by Crippen LogP contribution is -2.41. The van der Waals surface area contributed by atoms with E-state index in [2.05, 4.69) is 52.6 Å². The van der Waals surface area contributed by atoms with E-state index in [-0.39, 0.29) is 0 Å². The number of benzene rings is 1. The maximum absolute atomic E-state index is 10.7. The Morgan fingerprint density at radius 1 is 1.33 bits per heavy atom. The fourth-order valence-corrected chi connectivity index (χ4v) is 3.43. The second-order valence-corrected chi connectivity index (χ2v) is 7.25. The first-order valence-corrected chi connectivity index (χ1v) is 8.67. The van der Waals surface area contributed by atoms with Crippen molar-refractivity contribution in [2.24, 2.45) is 7.05 Å². The van der Waals surface area contributed by atoms with E-state index >= 15 is 0 Å². The molecule has 24 heavy (non-hydrogen) atoms. The Balaban J connectivity index is 1.53. The molecule has 5 nitrogen and oxygen atoms in total. The normalized spacial score (nSPS) is 24.2. The average molecular weight is 328 g/mol. The molecule has 0 aliphatic carbocycles. The summed E-state index contributed by atoms with van der Waals surface area (Å²) in [7, 11) is 1.87. The van der Waals surface area contributed by atoms with Crippen LogP contribution in [0, 0.1) is 0 Å². The van der Waals surface area contributed by atoms with Gasteiger partial charge in [-0.15, -0.1) is 0 Å². The van der Waals surface area contributed by atoms with Gasteiger partial charge in [-0.3, -0.25) is 9.58 Å². The van der Waals surface area contributed by atoms with Crippen molar-refractivity contribution in [2.75, 3.05) is 13.1 Å². The quantitative estimate of drug-likeness (QED) is 0.850. The van der Waals surface area contributed by atoms with Crippen LogP contribution in [0.15, 0.2) is 42.7 Å². The second kappa shape index (κ2) is 7.05. The van der Waals surface area contributed by atoms with Gasteiger partial charge in [-0.1, -0.05) is 30.3 Å². The van der Waals surface area contributed by atoms with Crippen LogP contribution in [0.5, 0.6) is 0 Å². The van der Waals surface area contributed by atoms with Gasteiger partial charge in [0.05, 0.1) is 6.20 Å². The molecule has 3 atom stereocenters. The highest BCUT2D eigenvalue weighted by molar-refractivity contribution is 5.16. The van der Waals surface area contributed by atoms with Gasteiger partial charge in [0.1, 0.15) is 5.60 Å². The van der Waals surface area contributed by atoms with Crippen LogP contribution < -0.4 is 5.32 Å². The number of hydrogen-bond acceptors (Lipinski definition) is 4. The van der Waals surface area contributed by atoms with Crippen LogP contribution in [0.25, 0.3) is 0 Å². The summed E-state index contributed by atoms with van der Waals surface area (Å²) in [6.45, 7) is 6.66. The van der Waals surface area contributed by atoms with E-state index in [1.54, 1.807) is 10.9 Å². The van der Waals surface area contributed by atoms with Crippen LogP contribution >= 0.6 is 0 Å². The number of aromatic nitrogens is 2. The van der Waals surface area contributed by atoms with Crippen LogP contribution in [0.2, 0.25) is 0 Å². The molecule has 1 saturated heterocycles. The minimum atomic E-state index is -0.898. The van der Waals surface area contributed by atoms with E-state index in [4.69, 9.17) is 0 Å². The zero-order chi connectivity index (χ0) is 17.2. The summed E-state index contributed by atoms with van der Waals surface area (Å²) in [6, 6.07) is 11.6. The third kappa shape index (κ3) is 4.04. The van der Waals surface area contributed by atoms with Crippen molar-refractivity contribution in [3.63, 3.8) is 0 Å². The maximum atomic E-state index is 10.7. The third-order valence-electron chi connectivity index (χ3n) is 4.99. The molecule has 3 rings (SSSR count). The number of likely N-dealkylation sites (tertiary alicyclic amines) is 1. The molecule has 2 N–H and O–H groups in total. The van der Waals surface area contributed by atoms with E-state index in [1.807, 2.05) is 20.2 Å². The largest absolute Gasteiger partial charge is 0.384 e. The molecule has 0 spiro atoms. The lowest BCUT2D eigenvalue weighted by Gasteiger charge is -2.25. The Morgan fingerprint density at radius 2 is 2.08 bits per heavy atom. The molecule has 0 radical (unpaired) electrons. The van der Waals surface area contributed by atoms with Crippen molar-refractivity contribution in [2.45, 2.75) is 44.5 Å². The molecule has 1 aliphatic heterocycles. The number of rotatable bonds is 6. The number of aliphatic hydroxyl groups is 1. The number of aryl methyl sites for hydroxylation is 1. The smallest absolute Gasteiger partial charge is 0.102 e. The van der Waals surface area contributed by atoms with E-state index in [0.717, 1.165) is 25.1 Å². The van der Waals surface area contributed by atoms with Crippen LogP contribution in [0.3, 0.4) is 0 Å². The van der Waals surface area contributed by atoms with Crippen molar-refractivity contribution in [1.29, 1.82) is 0 Å². The zero-order valence-corrected chi connectivity index (χ0v) is 14.8. The van der Waals surface area contributed by atoms with Crippen LogP contribution in [0.1, 0.15) is 31.4 Å². The first kappa shape index (κ1) is 17.1. The number of nitrogens with one attached hydrogen (secondary N) is 1. The molecule has 0 bridgehead atoms. The second-order valence-electron chi connectivity index (χ2n) is 7.25. The summed E-state index contributed by atoms with van der Waals surface area (Å²) in [4.78, 5) is 2.51. The highest BCUT2D eigenvalue weighted by atomic mass is 16.3. The molecule has 1 aromatic carbocycles. The van der Waals surface area contributed by atoms with Gasteiger partial charge in [0.2, 0.25) is 0 Å². The fourth-order valence-electron chi connectivity index (χ4n) is 3.43. The summed E-state index contributed by atoms with van der Waals surface area (Å²) in [5.74, 6) is 0. The third-order valence-corrected chi connectivity index (χ3v) is 4.99. The lowest BCUT2D eigenvalue weighted by atomic mass is 9.99. The Hall–Kier alpha value is -1.69. The molecule has 130 valence electrons. The van der Waals surface area contributed by atoms with Crippen molar-refractivity contribution in [1.82, 2.24) is 20.0 Å². The summed E-state index contributed by atoms with van der Waals surface area (Å²) in [6.07, 6.45) is 4.72. The molecular weight excluding hydrogens is 300 g/mol. The first-order chi connectivity index (χ1) is 11.4. The topological polar surface area (TPSA) is 53.3 Å². The number of hydrogen-bond donors (Lipinski definition) is 2. The van der Waals surface area contributed by atoms with Crippen LogP contribution in [-0.2, 0) is 19.2 Å². The van der Waals surface area contributed by atoms with Crippen LogP contribution in [-0.4, -0.2) is 45.0 Å². The molecule has 0 saturated carbocycles. The summed E-state index contributed by atoms with van der Waals surface area (Å²) in [5, 5.41) is 18.4. The minimum absolute atomic E-state index is 0.409. The Labute approximate surface area is 144 Å². The molecule has 0 amide bonds. The van der Waals surface area contributed by atoms with Crippen LogP contribution in [0.4, 0.5) is 0 Å². The molecule has 2 aromatic rings. The lowest BCUT2D eigenvalue weighted by molar-refractivity contribution is 0.0539. The maximum Gasteiger partial charge on any atom is 0.102 e. The van der Waals surface area contributed by atoms with E-state index in [0.29, 0.717) is 18.6 Å². The molecule has 1 aliphatic rings. The first-order valence-electron chi connectivity index (χ1n) is 8.67. The Kier molecular flexibility index (Phi) is 5.04. The highest BCUT2D eigenvalue weighted by Crippen LogP contribution is 2.23. The van der Waals surface area contributed by atoms with Crippen molar-refractivity contribution in [3.05, 3.63) is 53.9 Å². The summed E-state index contributed by atoms with van der Waals surface area (Å²) < 4.78 is 1.73. The van der Waals surface area contributed by atoms with Gasteiger partial charge in [0, 0.05) is 50.5 Å². The fraction of sp³-hybridized carbons (Fsp3) is 0.526. The van der Waals surface area contributed by atoms with Gasteiger partial charge in [-0.05, 0) is 25.8 Å². The van der Waals surface area contributed by atoms with Crippen molar-refractivity contribution < 1.29 is 5.11 Å². The van der Waals surface area contributed by atoms with Gasteiger partial charge >= 0.3 is 0 Å². The van der Waals surface area contributed by atoms with E-state index in [1.165, 1.54) is 5.56 Å². The summed E-state index contributed by atoms with van der Waals surface area (Å²) in [5.41, 5.74) is 1.31. The van der Waals surface area contributed by atoms with Gasteiger partial charge in [0.25, 0.3) is 0 Å². The summed E-state index contributed by atoms with van der Waals surface area (Å²) >= 11 is 0. The molecule has 1 aromatic heterocycles. The highest BCUT2D eigenvalue weighted by Gasteiger charge is 2.31. The predicted octanol–water partition coefficient (Wildman–Crippen LogP) is 1.88. The number of nitrogens with zero attached hydrogens (tertiary/aromatic N) is 3. The van der Waals surface area contributed by atoms with Gasteiger partial charge < -0.3 is 10.4 Å². The Bertz CT molecular complexity index is 652. The van der Waals surface area contributed by atoms with E-state index < -0.39 is 5.60 Å².